The first-order valence-electron chi connectivity index (χ1n) is 12.8. The van der Waals surface area contributed by atoms with Crippen LogP contribution in [0.15, 0.2) is 18.2 Å². The fourth-order valence-corrected chi connectivity index (χ4v) is 5.77. The molecule has 1 aromatic rings. The summed E-state index contributed by atoms with van der Waals surface area (Å²) in [7, 11) is -3.42. The van der Waals surface area contributed by atoms with E-state index in [1.807, 2.05) is 28.0 Å². The van der Waals surface area contributed by atoms with Gasteiger partial charge in [-0.05, 0) is 43.0 Å². The first kappa shape index (κ1) is 28.4. The maximum absolute atomic E-state index is 13.3. The number of nitrogens with zero attached hydrogens (tertiary/aromatic N) is 2. The molecule has 0 bridgehead atoms. The minimum absolute atomic E-state index is 0.0508. The number of hydrogen-bond donors (Lipinski definition) is 3. The number of ether oxygens (including phenoxy) is 1. The summed E-state index contributed by atoms with van der Waals surface area (Å²) in [5, 5.41) is 10.3. The van der Waals surface area contributed by atoms with E-state index in [4.69, 9.17) is 10.5 Å². The third-order valence-electron chi connectivity index (χ3n) is 7.08. The molecule has 3 atom stereocenters. The van der Waals surface area contributed by atoms with Gasteiger partial charge in [0.1, 0.15) is 5.75 Å². The molecule has 2 aliphatic rings. The van der Waals surface area contributed by atoms with Gasteiger partial charge in [0.2, 0.25) is 15.9 Å². The number of amides is 1. The van der Waals surface area contributed by atoms with Gasteiger partial charge >= 0.3 is 5.97 Å². The van der Waals surface area contributed by atoms with Crippen LogP contribution in [0.1, 0.15) is 49.7 Å². The van der Waals surface area contributed by atoms with Crippen molar-refractivity contribution in [3.05, 3.63) is 29.3 Å². The molecule has 0 aromatic heterocycles. The van der Waals surface area contributed by atoms with Gasteiger partial charge in [-0.2, -0.15) is 0 Å². The Balaban J connectivity index is 1.85. The topological polar surface area (TPSA) is 142 Å². The zero-order valence-electron chi connectivity index (χ0n) is 21.3. The Labute approximate surface area is 214 Å². The van der Waals surface area contributed by atoms with Crippen LogP contribution in [-0.2, 0) is 26.0 Å². The molecular formula is C25H40N4O6S. The molecule has 0 aliphatic carbocycles. The minimum atomic E-state index is -3.42. The maximum Gasteiger partial charge on any atom is 0.308 e. The number of carboxylic acids is 1. The Morgan fingerprint density at radius 3 is 2.69 bits per heavy atom. The predicted molar refractivity (Wildman–Crippen MR) is 137 cm³/mol. The Morgan fingerprint density at radius 1 is 1.28 bits per heavy atom. The second-order valence-corrected chi connectivity index (χ2v) is 11.6. The van der Waals surface area contributed by atoms with E-state index in [1.54, 1.807) is 0 Å². The number of aliphatic carboxylic acids is 1. The highest BCUT2D eigenvalue weighted by Crippen LogP contribution is 2.41. The molecule has 2 aliphatic heterocycles. The van der Waals surface area contributed by atoms with Crippen molar-refractivity contribution >= 4 is 21.9 Å². The molecule has 1 unspecified atom stereocenters. The fraction of sp³-hybridized carbons (Fsp3) is 0.680. The van der Waals surface area contributed by atoms with Crippen molar-refractivity contribution in [2.24, 2.45) is 11.7 Å². The molecule has 1 saturated heterocycles. The number of unbranched alkanes of at least 4 members (excludes halogenated alkanes) is 1. The van der Waals surface area contributed by atoms with Crippen LogP contribution in [0.3, 0.4) is 0 Å². The summed E-state index contributed by atoms with van der Waals surface area (Å²) >= 11 is 0. The Kier molecular flexibility index (Phi) is 10.1. The molecule has 0 radical (unpaired) electrons. The Hall–Kier alpha value is -2.21. The van der Waals surface area contributed by atoms with Crippen molar-refractivity contribution in [3.63, 3.8) is 0 Å². The predicted octanol–water partition coefficient (Wildman–Crippen LogP) is 1.01. The Bertz CT molecular complexity index is 1010. The standard InChI is InChI=1S/C25H40N4O6S/c1-3-4-12-28(13-5-10-26)23(30)17-29-16-20(18-6-7-22-19(15-18)9-14-35-22)24(25(31)32)21(29)8-11-27-36(2,33)34/h6-7,15,20-21,24,27H,3-5,8-14,16-17,26H2,1-2H3,(H,31,32)/t20-,21+,24?/m1/s1. The third kappa shape index (κ3) is 7.41. The van der Waals surface area contributed by atoms with Gasteiger partial charge in [-0.25, -0.2) is 13.1 Å². The van der Waals surface area contributed by atoms with Crippen molar-refractivity contribution in [2.45, 2.75) is 51.0 Å². The summed E-state index contributed by atoms with van der Waals surface area (Å²) in [4.78, 5) is 29.6. The summed E-state index contributed by atoms with van der Waals surface area (Å²) in [5.41, 5.74) is 7.65. The summed E-state index contributed by atoms with van der Waals surface area (Å²) < 4.78 is 31.4. The summed E-state index contributed by atoms with van der Waals surface area (Å²) in [6.45, 7) is 4.99. The number of likely N-dealkylation sites (tertiary alicyclic amines) is 1. The number of benzene rings is 1. The molecule has 0 saturated carbocycles. The van der Waals surface area contributed by atoms with Crippen LogP contribution in [0.4, 0.5) is 0 Å². The van der Waals surface area contributed by atoms with Crippen LogP contribution in [0.2, 0.25) is 0 Å². The van der Waals surface area contributed by atoms with E-state index >= 15 is 0 Å². The van der Waals surface area contributed by atoms with Crippen LogP contribution >= 0.6 is 0 Å². The van der Waals surface area contributed by atoms with E-state index in [2.05, 4.69) is 11.6 Å². The number of carbonyl (C=O) groups is 2. The van der Waals surface area contributed by atoms with Crippen molar-refractivity contribution in [1.82, 2.24) is 14.5 Å². The lowest BCUT2D eigenvalue weighted by Gasteiger charge is -2.29. The van der Waals surface area contributed by atoms with Gasteiger partial charge in [0.05, 0.1) is 25.3 Å². The normalized spacial score (nSPS) is 21.8. The zero-order chi connectivity index (χ0) is 26.3. The van der Waals surface area contributed by atoms with Crippen molar-refractivity contribution in [1.29, 1.82) is 0 Å². The van der Waals surface area contributed by atoms with Crippen molar-refractivity contribution in [2.75, 3.05) is 52.1 Å². The second kappa shape index (κ2) is 12.8. The number of nitrogens with one attached hydrogen (secondary N) is 1. The van der Waals surface area contributed by atoms with E-state index in [0.717, 1.165) is 42.4 Å². The second-order valence-electron chi connectivity index (χ2n) is 9.76. The van der Waals surface area contributed by atoms with Crippen LogP contribution in [0.5, 0.6) is 5.75 Å². The number of sulfonamides is 1. The summed E-state index contributed by atoms with van der Waals surface area (Å²) in [5.74, 6) is -1.26. The van der Waals surface area contributed by atoms with E-state index in [-0.39, 0.29) is 24.9 Å². The minimum Gasteiger partial charge on any atom is -0.493 e. The molecule has 36 heavy (non-hydrogen) atoms. The van der Waals surface area contributed by atoms with Crippen LogP contribution in [-0.4, -0.2) is 93.4 Å². The molecule has 11 heteroatoms. The smallest absolute Gasteiger partial charge is 0.308 e. The molecule has 2 heterocycles. The first-order valence-corrected chi connectivity index (χ1v) is 14.7. The van der Waals surface area contributed by atoms with Crippen molar-refractivity contribution < 1.29 is 27.9 Å². The number of fused-ring (bicyclic) bond motifs is 1. The van der Waals surface area contributed by atoms with Gasteiger partial charge in [0.25, 0.3) is 0 Å². The summed E-state index contributed by atoms with van der Waals surface area (Å²) in [6, 6.07) is 5.34. The number of hydrogen-bond acceptors (Lipinski definition) is 7. The highest BCUT2D eigenvalue weighted by atomic mass is 32.2. The lowest BCUT2D eigenvalue weighted by Crippen LogP contribution is -2.45. The molecule has 4 N–H and O–H groups in total. The Morgan fingerprint density at radius 2 is 2.03 bits per heavy atom. The fourth-order valence-electron chi connectivity index (χ4n) is 5.29. The lowest BCUT2D eigenvalue weighted by molar-refractivity contribution is -0.143. The van der Waals surface area contributed by atoms with Gasteiger partial charge in [0, 0.05) is 44.6 Å². The van der Waals surface area contributed by atoms with Gasteiger partial charge in [-0.3, -0.25) is 14.5 Å². The number of carbonyl (C=O) groups excluding carboxylic acids is 1. The number of nitrogens with two attached hydrogens (primary N) is 1. The largest absolute Gasteiger partial charge is 0.493 e. The SMILES string of the molecule is CCCCN(CCCN)C(=O)CN1C[C@H](c2ccc3c(c2)CCO3)C(C(=O)O)[C@@H]1CCNS(C)(=O)=O. The average molecular weight is 525 g/mol. The van der Waals surface area contributed by atoms with E-state index in [9.17, 15) is 23.1 Å². The quantitative estimate of drug-likeness (QED) is 0.327. The molecule has 202 valence electrons. The average Bonchev–Trinajstić information content (AvgIpc) is 3.42. The van der Waals surface area contributed by atoms with Crippen LogP contribution in [0.25, 0.3) is 0 Å². The van der Waals surface area contributed by atoms with E-state index < -0.39 is 28.0 Å². The molecule has 3 rings (SSSR count). The first-order chi connectivity index (χ1) is 17.1. The zero-order valence-corrected chi connectivity index (χ0v) is 22.1. The monoisotopic (exact) mass is 524 g/mol. The molecule has 0 spiro atoms. The number of rotatable bonds is 14. The van der Waals surface area contributed by atoms with Crippen molar-refractivity contribution in [3.8, 4) is 5.75 Å². The van der Waals surface area contributed by atoms with Gasteiger partial charge in [-0.1, -0.05) is 25.5 Å². The molecule has 10 nitrogen and oxygen atoms in total. The van der Waals surface area contributed by atoms with Gasteiger partial charge < -0.3 is 20.5 Å². The molecule has 1 fully saturated rings. The molecule has 1 aromatic carbocycles. The lowest BCUT2D eigenvalue weighted by atomic mass is 9.83. The van der Waals surface area contributed by atoms with Crippen LogP contribution in [0, 0.1) is 5.92 Å². The highest BCUT2D eigenvalue weighted by Gasteiger charge is 2.47. The molecular weight excluding hydrogens is 484 g/mol. The highest BCUT2D eigenvalue weighted by molar-refractivity contribution is 7.88. The number of carboxylic acid groups (broad SMARTS) is 1. The summed E-state index contributed by atoms with van der Waals surface area (Å²) in [6.07, 6.45) is 4.70. The third-order valence-corrected chi connectivity index (χ3v) is 7.81. The van der Waals surface area contributed by atoms with E-state index in [0.29, 0.717) is 45.6 Å². The molecule has 1 amide bonds. The van der Waals surface area contributed by atoms with E-state index in [1.165, 1.54) is 0 Å². The van der Waals surface area contributed by atoms with Crippen LogP contribution < -0.4 is 15.2 Å². The van der Waals surface area contributed by atoms with Gasteiger partial charge in [0.15, 0.2) is 0 Å². The maximum atomic E-state index is 13.3. The van der Waals surface area contributed by atoms with Gasteiger partial charge in [-0.15, -0.1) is 0 Å².